The van der Waals surface area contributed by atoms with Crippen LogP contribution in [0.3, 0.4) is 0 Å². The van der Waals surface area contributed by atoms with Gasteiger partial charge in [0.05, 0.1) is 0 Å². The van der Waals surface area contributed by atoms with Crippen LogP contribution < -0.4 is 5.32 Å². The van der Waals surface area contributed by atoms with Crippen molar-refractivity contribution in [3.63, 3.8) is 0 Å². The highest BCUT2D eigenvalue weighted by Crippen LogP contribution is 2.24. The SMILES string of the molecule is O=C(Nc1nccs1)c1snnc1-c1ccccc1. The highest BCUT2D eigenvalue weighted by atomic mass is 32.1. The van der Waals surface area contributed by atoms with Gasteiger partial charge in [0.2, 0.25) is 0 Å². The van der Waals surface area contributed by atoms with Crippen LogP contribution in [0, 0.1) is 0 Å². The predicted molar refractivity (Wildman–Crippen MR) is 75.4 cm³/mol. The molecular formula is C12H8N4OS2. The highest BCUT2D eigenvalue weighted by molar-refractivity contribution is 7.14. The topological polar surface area (TPSA) is 67.8 Å². The maximum Gasteiger partial charge on any atom is 0.271 e. The zero-order valence-electron chi connectivity index (χ0n) is 9.61. The second kappa shape index (κ2) is 5.25. The fourth-order valence-electron chi connectivity index (χ4n) is 1.56. The Morgan fingerprint density at radius 1 is 1.21 bits per heavy atom. The van der Waals surface area contributed by atoms with Crippen LogP contribution in [0.15, 0.2) is 41.9 Å². The van der Waals surface area contributed by atoms with E-state index in [4.69, 9.17) is 0 Å². The number of anilines is 1. The molecular weight excluding hydrogens is 280 g/mol. The van der Waals surface area contributed by atoms with Crippen LogP contribution in [0.1, 0.15) is 9.67 Å². The Morgan fingerprint density at radius 3 is 2.79 bits per heavy atom. The van der Waals surface area contributed by atoms with Gasteiger partial charge in [-0.25, -0.2) is 4.98 Å². The van der Waals surface area contributed by atoms with Crippen molar-refractivity contribution in [1.29, 1.82) is 0 Å². The van der Waals surface area contributed by atoms with Crippen LogP contribution in [0.4, 0.5) is 5.13 Å². The van der Waals surface area contributed by atoms with Gasteiger partial charge in [-0.05, 0) is 11.5 Å². The van der Waals surface area contributed by atoms with E-state index in [2.05, 4.69) is 19.9 Å². The van der Waals surface area contributed by atoms with E-state index < -0.39 is 0 Å². The van der Waals surface area contributed by atoms with Crippen molar-refractivity contribution in [3.05, 3.63) is 46.8 Å². The van der Waals surface area contributed by atoms with Gasteiger partial charge < -0.3 is 0 Å². The quantitative estimate of drug-likeness (QED) is 0.804. The lowest BCUT2D eigenvalue weighted by molar-refractivity contribution is 0.103. The summed E-state index contributed by atoms with van der Waals surface area (Å²) in [5.74, 6) is -0.233. The summed E-state index contributed by atoms with van der Waals surface area (Å²) in [6.07, 6.45) is 1.64. The smallest absolute Gasteiger partial charge is 0.271 e. The fraction of sp³-hybridized carbons (Fsp3) is 0. The molecule has 0 aliphatic heterocycles. The van der Waals surface area contributed by atoms with E-state index in [0.29, 0.717) is 15.7 Å². The third-order valence-electron chi connectivity index (χ3n) is 2.39. The molecule has 2 aromatic heterocycles. The number of thiazole rings is 1. The van der Waals surface area contributed by atoms with Gasteiger partial charge in [0.1, 0.15) is 10.6 Å². The maximum absolute atomic E-state index is 12.2. The van der Waals surface area contributed by atoms with Crippen LogP contribution >= 0.6 is 22.9 Å². The number of rotatable bonds is 3. The number of hydrogen-bond acceptors (Lipinski definition) is 6. The number of aromatic nitrogens is 3. The zero-order chi connectivity index (χ0) is 13.1. The van der Waals surface area contributed by atoms with E-state index >= 15 is 0 Å². The van der Waals surface area contributed by atoms with E-state index in [-0.39, 0.29) is 5.91 Å². The molecule has 0 spiro atoms. The third-order valence-corrected chi connectivity index (χ3v) is 3.81. The predicted octanol–water partition coefficient (Wildman–Crippen LogP) is 2.91. The summed E-state index contributed by atoms with van der Waals surface area (Å²) in [4.78, 5) is 16.7. The summed E-state index contributed by atoms with van der Waals surface area (Å²) in [5, 5.41) is 9.13. The standard InChI is InChI=1S/C12H8N4OS2/c17-11(14-12-13-6-7-18-12)10-9(15-16-19-10)8-4-2-1-3-5-8/h1-7H,(H,13,14,17). The maximum atomic E-state index is 12.2. The van der Waals surface area contributed by atoms with Gasteiger partial charge in [-0.3, -0.25) is 10.1 Å². The van der Waals surface area contributed by atoms with Crippen molar-refractivity contribution >= 4 is 33.9 Å². The molecule has 0 saturated heterocycles. The van der Waals surface area contributed by atoms with E-state index in [0.717, 1.165) is 17.1 Å². The second-order valence-corrected chi connectivity index (χ2v) is 5.26. The second-order valence-electron chi connectivity index (χ2n) is 3.61. The minimum atomic E-state index is -0.233. The first kappa shape index (κ1) is 11.9. The highest BCUT2D eigenvalue weighted by Gasteiger charge is 2.18. The molecule has 1 N–H and O–H groups in total. The Balaban J connectivity index is 1.90. The lowest BCUT2D eigenvalue weighted by Crippen LogP contribution is -2.11. The van der Waals surface area contributed by atoms with Gasteiger partial charge in [0, 0.05) is 17.1 Å². The number of nitrogens with one attached hydrogen (secondary N) is 1. The molecule has 0 radical (unpaired) electrons. The lowest BCUT2D eigenvalue weighted by Gasteiger charge is -2.01. The van der Waals surface area contributed by atoms with Crippen molar-refractivity contribution in [1.82, 2.24) is 14.6 Å². The Morgan fingerprint density at radius 2 is 2.05 bits per heavy atom. The van der Waals surface area contributed by atoms with E-state index in [1.165, 1.54) is 11.3 Å². The van der Waals surface area contributed by atoms with E-state index in [1.807, 2.05) is 30.3 Å². The number of hydrogen-bond donors (Lipinski definition) is 1. The molecule has 3 aromatic rings. The van der Waals surface area contributed by atoms with Crippen molar-refractivity contribution < 1.29 is 4.79 Å². The number of amides is 1. The Kier molecular flexibility index (Phi) is 3.30. The molecule has 94 valence electrons. The minimum Gasteiger partial charge on any atom is -0.297 e. The molecule has 0 unspecified atom stereocenters. The Bertz CT molecular complexity index is 679. The van der Waals surface area contributed by atoms with Gasteiger partial charge in [-0.2, -0.15) is 0 Å². The first-order valence-electron chi connectivity index (χ1n) is 5.43. The van der Waals surface area contributed by atoms with E-state index in [1.54, 1.807) is 11.6 Å². The molecule has 5 nitrogen and oxygen atoms in total. The molecule has 0 aliphatic rings. The van der Waals surface area contributed by atoms with Crippen molar-refractivity contribution in [2.24, 2.45) is 0 Å². The third kappa shape index (κ3) is 2.51. The first-order valence-corrected chi connectivity index (χ1v) is 7.08. The molecule has 7 heteroatoms. The Labute approximate surface area is 117 Å². The number of nitrogens with zero attached hydrogens (tertiary/aromatic N) is 3. The van der Waals surface area contributed by atoms with Crippen LogP contribution in [0.25, 0.3) is 11.3 Å². The minimum absolute atomic E-state index is 0.233. The molecule has 0 saturated carbocycles. The van der Waals surface area contributed by atoms with Gasteiger partial charge >= 0.3 is 0 Å². The van der Waals surface area contributed by atoms with Gasteiger partial charge in [-0.15, -0.1) is 16.4 Å². The molecule has 19 heavy (non-hydrogen) atoms. The molecule has 1 amide bonds. The molecule has 0 bridgehead atoms. The molecule has 3 rings (SSSR count). The monoisotopic (exact) mass is 288 g/mol. The number of carbonyl (C=O) groups excluding carboxylic acids is 1. The zero-order valence-corrected chi connectivity index (χ0v) is 11.2. The largest absolute Gasteiger partial charge is 0.297 e. The van der Waals surface area contributed by atoms with Crippen LogP contribution in [-0.2, 0) is 0 Å². The Hall–Kier alpha value is -2.12. The normalized spacial score (nSPS) is 10.3. The summed E-state index contributed by atoms with van der Waals surface area (Å²) < 4.78 is 3.86. The fourth-order valence-corrected chi connectivity index (χ4v) is 2.67. The summed E-state index contributed by atoms with van der Waals surface area (Å²) in [6, 6.07) is 9.51. The number of carbonyl (C=O) groups is 1. The van der Waals surface area contributed by atoms with Crippen molar-refractivity contribution in [2.75, 3.05) is 5.32 Å². The van der Waals surface area contributed by atoms with Crippen LogP contribution in [0.5, 0.6) is 0 Å². The van der Waals surface area contributed by atoms with Gasteiger partial charge in [-0.1, -0.05) is 34.8 Å². The summed E-state index contributed by atoms with van der Waals surface area (Å²) in [7, 11) is 0. The van der Waals surface area contributed by atoms with Crippen LogP contribution in [0.2, 0.25) is 0 Å². The lowest BCUT2D eigenvalue weighted by atomic mass is 10.1. The molecule has 1 aromatic carbocycles. The molecule has 2 heterocycles. The van der Waals surface area contributed by atoms with Crippen molar-refractivity contribution in [3.8, 4) is 11.3 Å². The average molecular weight is 288 g/mol. The summed E-state index contributed by atoms with van der Waals surface area (Å²) in [6.45, 7) is 0. The first-order chi connectivity index (χ1) is 9.34. The molecule has 0 atom stereocenters. The summed E-state index contributed by atoms with van der Waals surface area (Å²) in [5.41, 5.74) is 1.47. The average Bonchev–Trinajstić information content (AvgIpc) is 3.10. The van der Waals surface area contributed by atoms with E-state index in [9.17, 15) is 4.79 Å². The van der Waals surface area contributed by atoms with Gasteiger partial charge in [0.15, 0.2) is 5.13 Å². The number of benzene rings is 1. The summed E-state index contributed by atoms with van der Waals surface area (Å²) >= 11 is 2.45. The molecule has 0 fully saturated rings. The van der Waals surface area contributed by atoms with Gasteiger partial charge in [0.25, 0.3) is 5.91 Å². The van der Waals surface area contributed by atoms with Crippen LogP contribution in [-0.4, -0.2) is 20.5 Å². The molecule has 0 aliphatic carbocycles. The van der Waals surface area contributed by atoms with Crippen molar-refractivity contribution in [2.45, 2.75) is 0 Å².